The van der Waals surface area contributed by atoms with Crippen LogP contribution in [0.3, 0.4) is 0 Å². The number of carbonyl (C=O) groups is 1. The number of esters is 1. The average molecular weight is 212 g/mol. The zero-order valence-corrected chi connectivity index (χ0v) is 9.80. The van der Waals surface area contributed by atoms with Crippen LogP contribution in [0.2, 0.25) is 0 Å². The lowest BCUT2D eigenvalue weighted by molar-refractivity contribution is -0.161. The van der Waals surface area contributed by atoms with Gasteiger partial charge in [0.25, 0.3) is 0 Å². The third kappa shape index (κ3) is 1.88. The number of piperidine rings is 1. The van der Waals surface area contributed by atoms with Gasteiger partial charge in [-0.05, 0) is 33.7 Å². The van der Waals surface area contributed by atoms with Gasteiger partial charge in [-0.2, -0.15) is 0 Å². The van der Waals surface area contributed by atoms with Gasteiger partial charge in [0, 0.05) is 18.5 Å². The molecule has 4 heteroatoms. The quantitative estimate of drug-likeness (QED) is 0.601. The van der Waals surface area contributed by atoms with E-state index in [9.17, 15) is 4.79 Å². The van der Waals surface area contributed by atoms with Crippen LogP contribution in [0.1, 0.15) is 33.6 Å². The molecule has 0 aromatic heterocycles. The van der Waals surface area contributed by atoms with Gasteiger partial charge in [0.2, 0.25) is 0 Å². The van der Waals surface area contributed by atoms with E-state index in [-0.39, 0.29) is 17.2 Å². The Morgan fingerprint density at radius 2 is 2.20 bits per heavy atom. The minimum atomic E-state index is -0.381. The highest BCUT2D eigenvalue weighted by Crippen LogP contribution is 2.35. The van der Waals surface area contributed by atoms with Crippen molar-refractivity contribution < 1.29 is 9.53 Å². The summed E-state index contributed by atoms with van der Waals surface area (Å²) in [7, 11) is 0. The highest BCUT2D eigenvalue weighted by molar-refractivity contribution is 5.74. The van der Waals surface area contributed by atoms with Crippen LogP contribution in [0.4, 0.5) is 0 Å². The zero-order chi connectivity index (χ0) is 11.1. The van der Waals surface area contributed by atoms with E-state index < -0.39 is 0 Å². The Labute approximate surface area is 91.0 Å². The highest BCUT2D eigenvalue weighted by Gasteiger charge is 2.51. The van der Waals surface area contributed by atoms with Crippen LogP contribution in [0, 0.1) is 0 Å². The molecule has 0 radical (unpaired) electrons. The van der Waals surface area contributed by atoms with E-state index in [2.05, 4.69) is 31.0 Å². The lowest BCUT2D eigenvalue weighted by atomic mass is 9.95. The maximum Gasteiger partial charge on any atom is 0.322 e. The SMILES string of the molecule is CC(C)(C)N1CC(=O)OC12CCCNC2. The minimum Gasteiger partial charge on any atom is -0.441 e. The molecule has 1 atom stereocenters. The summed E-state index contributed by atoms with van der Waals surface area (Å²) in [5, 5.41) is 3.32. The predicted octanol–water partition coefficient (Wildman–Crippen LogP) is 0.723. The van der Waals surface area contributed by atoms with Gasteiger partial charge >= 0.3 is 5.97 Å². The largest absolute Gasteiger partial charge is 0.441 e. The van der Waals surface area contributed by atoms with Gasteiger partial charge in [0.1, 0.15) is 6.54 Å². The van der Waals surface area contributed by atoms with Crippen LogP contribution in [0.5, 0.6) is 0 Å². The molecule has 2 heterocycles. The van der Waals surface area contributed by atoms with Crippen LogP contribution in [-0.4, -0.2) is 41.8 Å². The Kier molecular flexibility index (Phi) is 2.51. The lowest BCUT2D eigenvalue weighted by Crippen LogP contribution is -2.60. The van der Waals surface area contributed by atoms with Crippen LogP contribution in [-0.2, 0) is 9.53 Å². The van der Waals surface area contributed by atoms with Crippen LogP contribution >= 0.6 is 0 Å². The Balaban J connectivity index is 2.24. The van der Waals surface area contributed by atoms with E-state index in [0.29, 0.717) is 6.54 Å². The summed E-state index contributed by atoms with van der Waals surface area (Å²) >= 11 is 0. The fourth-order valence-electron chi connectivity index (χ4n) is 2.60. The van der Waals surface area contributed by atoms with Crippen molar-refractivity contribution in [3.8, 4) is 0 Å². The first-order chi connectivity index (χ1) is 6.94. The van der Waals surface area contributed by atoms with Crippen molar-refractivity contribution in [3.05, 3.63) is 0 Å². The van der Waals surface area contributed by atoms with Crippen LogP contribution < -0.4 is 5.32 Å². The minimum absolute atomic E-state index is 0.0226. The maximum atomic E-state index is 11.5. The van der Waals surface area contributed by atoms with Crippen molar-refractivity contribution in [1.82, 2.24) is 10.2 Å². The van der Waals surface area contributed by atoms with Gasteiger partial charge in [-0.3, -0.25) is 4.79 Å². The number of ether oxygens (including phenoxy) is 1. The van der Waals surface area contributed by atoms with Crippen molar-refractivity contribution in [1.29, 1.82) is 0 Å². The third-order valence-corrected chi connectivity index (χ3v) is 3.21. The first-order valence-electron chi connectivity index (χ1n) is 5.64. The molecule has 1 unspecified atom stereocenters. The number of hydrogen-bond donors (Lipinski definition) is 1. The summed E-state index contributed by atoms with van der Waals surface area (Å²) in [5.41, 5.74) is -0.404. The number of hydrogen-bond acceptors (Lipinski definition) is 4. The molecule has 2 rings (SSSR count). The smallest absolute Gasteiger partial charge is 0.322 e. The average Bonchev–Trinajstić information content (AvgIpc) is 2.43. The van der Waals surface area contributed by atoms with E-state index in [1.807, 2.05) is 0 Å². The molecule has 2 aliphatic rings. The molecule has 0 aromatic carbocycles. The molecular formula is C11H20N2O2. The first-order valence-corrected chi connectivity index (χ1v) is 5.64. The molecule has 1 N–H and O–H groups in total. The Hall–Kier alpha value is -0.610. The number of rotatable bonds is 0. The molecule has 0 saturated carbocycles. The maximum absolute atomic E-state index is 11.5. The molecule has 0 aromatic rings. The third-order valence-electron chi connectivity index (χ3n) is 3.21. The molecule has 0 aliphatic carbocycles. The summed E-state index contributed by atoms with van der Waals surface area (Å²) in [5.74, 6) is -0.0892. The normalized spacial score (nSPS) is 33.4. The molecule has 2 aliphatic heterocycles. The van der Waals surface area contributed by atoms with Gasteiger partial charge in [-0.1, -0.05) is 0 Å². The van der Waals surface area contributed by atoms with Gasteiger partial charge in [-0.15, -0.1) is 0 Å². The molecule has 0 amide bonds. The molecule has 4 nitrogen and oxygen atoms in total. The van der Waals surface area contributed by atoms with E-state index in [1.54, 1.807) is 0 Å². The summed E-state index contributed by atoms with van der Waals surface area (Å²) in [4.78, 5) is 13.7. The second-order valence-electron chi connectivity index (χ2n) is 5.46. The summed E-state index contributed by atoms with van der Waals surface area (Å²) < 4.78 is 5.55. The van der Waals surface area contributed by atoms with E-state index in [0.717, 1.165) is 25.9 Å². The van der Waals surface area contributed by atoms with Crippen LogP contribution in [0.15, 0.2) is 0 Å². The van der Waals surface area contributed by atoms with E-state index >= 15 is 0 Å². The summed E-state index contributed by atoms with van der Waals surface area (Å²) in [6.45, 7) is 8.60. The second kappa shape index (κ2) is 3.46. The van der Waals surface area contributed by atoms with Crippen molar-refractivity contribution in [2.24, 2.45) is 0 Å². The van der Waals surface area contributed by atoms with Crippen molar-refractivity contribution in [3.63, 3.8) is 0 Å². The van der Waals surface area contributed by atoms with Gasteiger partial charge < -0.3 is 10.1 Å². The number of nitrogens with zero attached hydrogens (tertiary/aromatic N) is 1. The summed E-state index contributed by atoms with van der Waals surface area (Å²) in [6, 6.07) is 0. The van der Waals surface area contributed by atoms with Crippen molar-refractivity contribution in [2.45, 2.75) is 44.9 Å². The van der Waals surface area contributed by atoms with E-state index in [1.165, 1.54) is 0 Å². The fourth-order valence-corrected chi connectivity index (χ4v) is 2.60. The summed E-state index contributed by atoms with van der Waals surface area (Å²) in [6.07, 6.45) is 2.02. The standard InChI is InChI=1S/C11H20N2O2/c1-10(2,3)13-7-9(14)15-11(13)5-4-6-12-8-11/h12H,4-8H2,1-3H3. The molecule has 15 heavy (non-hydrogen) atoms. The molecule has 0 bridgehead atoms. The van der Waals surface area contributed by atoms with Crippen molar-refractivity contribution in [2.75, 3.05) is 19.6 Å². The second-order valence-corrected chi connectivity index (χ2v) is 5.46. The van der Waals surface area contributed by atoms with Crippen LogP contribution in [0.25, 0.3) is 0 Å². The molecule has 86 valence electrons. The molecule has 2 fully saturated rings. The fraction of sp³-hybridized carbons (Fsp3) is 0.909. The zero-order valence-electron chi connectivity index (χ0n) is 9.80. The monoisotopic (exact) mass is 212 g/mol. The van der Waals surface area contributed by atoms with Crippen molar-refractivity contribution >= 4 is 5.97 Å². The first kappa shape index (κ1) is 10.9. The lowest BCUT2D eigenvalue weighted by Gasteiger charge is -2.45. The van der Waals surface area contributed by atoms with Gasteiger partial charge in [0.05, 0.1) is 0 Å². The highest BCUT2D eigenvalue weighted by atomic mass is 16.6. The Morgan fingerprint density at radius 1 is 1.47 bits per heavy atom. The number of nitrogens with one attached hydrogen (secondary N) is 1. The topological polar surface area (TPSA) is 41.6 Å². The van der Waals surface area contributed by atoms with E-state index in [4.69, 9.17) is 4.74 Å². The molecule has 2 saturated heterocycles. The number of carbonyl (C=O) groups excluding carboxylic acids is 1. The molecular weight excluding hydrogens is 192 g/mol. The Bertz CT molecular complexity index is 264. The Morgan fingerprint density at radius 3 is 2.73 bits per heavy atom. The predicted molar refractivity (Wildman–Crippen MR) is 57.4 cm³/mol. The van der Waals surface area contributed by atoms with Gasteiger partial charge in [0.15, 0.2) is 5.72 Å². The van der Waals surface area contributed by atoms with Gasteiger partial charge in [-0.25, -0.2) is 4.90 Å². The molecule has 1 spiro atoms.